The SMILES string of the molecule is CN1CC2CCC(C1=O)N2c1ncc2[nH]nc(-c3cnn(-c4ccc(C#N)c(F)c4)c3)c2n1. The molecule has 2 bridgehead atoms. The van der Waals surface area contributed by atoms with Gasteiger partial charge in [-0.15, -0.1) is 0 Å². The molecule has 0 spiro atoms. The van der Waals surface area contributed by atoms with Crippen LogP contribution < -0.4 is 4.90 Å². The Morgan fingerprint density at radius 3 is 2.97 bits per heavy atom. The fourth-order valence-electron chi connectivity index (χ4n) is 4.72. The van der Waals surface area contributed by atoms with E-state index in [0.29, 0.717) is 40.5 Å². The Hall–Kier alpha value is -4.33. The van der Waals surface area contributed by atoms with Crippen molar-refractivity contribution in [1.82, 2.24) is 34.8 Å². The average Bonchev–Trinajstić information content (AvgIpc) is 3.54. The quantitative estimate of drug-likeness (QED) is 0.514. The first-order valence-corrected chi connectivity index (χ1v) is 10.5. The number of likely N-dealkylation sites (tertiary alicyclic amines) is 1. The van der Waals surface area contributed by atoms with Crippen LogP contribution in [0.4, 0.5) is 10.3 Å². The minimum Gasteiger partial charge on any atom is -0.342 e. The zero-order valence-electron chi connectivity index (χ0n) is 17.6. The highest BCUT2D eigenvalue weighted by Gasteiger charge is 2.45. The van der Waals surface area contributed by atoms with Gasteiger partial charge in [0.2, 0.25) is 11.9 Å². The molecule has 6 rings (SSSR count). The number of rotatable bonds is 3. The van der Waals surface area contributed by atoms with Crippen LogP contribution in [0, 0.1) is 17.1 Å². The summed E-state index contributed by atoms with van der Waals surface area (Å²) in [5.41, 5.74) is 3.02. The molecule has 1 amide bonds. The van der Waals surface area contributed by atoms with Crippen molar-refractivity contribution in [2.75, 3.05) is 18.5 Å². The zero-order valence-corrected chi connectivity index (χ0v) is 17.6. The fourth-order valence-corrected chi connectivity index (χ4v) is 4.72. The molecule has 2 fully saturated rings. The smallest absolute Gasteiger partial charge is 0.245 e. The van der Waals surface area contributed by atoms with Crippen LogP contribution in [0.3, 0.4) is 0 Å². The molecule has 11 heteroatoms. The van der Waals surface area contributed by atoms with E-state index in [4.69, 9.17) is 10.2 Å². The summed E-state index contributed by atoms with van der Waals surface area (Å²) in [6, 6.07) is 6.07. The van der Waals surface area contributed by atoms with Crippen LogP contribution in [0.1, 0.15) is 18.4 Å². The highest BCUT2D eigenvalue weighted by molar-refractivity contribution is 5.91. The number of aromatic nitrogens is 6. The van der Waals surface area contributed by atoms with Crippen molar-refractivity contribution >= 4 is 22.9 Å². The summed E-state index contributed by atoms with van der Waals surface area (Å²) >= 11 is 0. The summed E-state index contributed by atoms with van der Waals surface area (Å²) in [5.74, 6) is 0.00227. The number of nitriles is 1. The highest BCUT2D eigenvalue weighted by Crippen LogP contribution is 2.34. The van der Waals surface area contributed by atoms with Crippen LogP contribution in [0.15, 0.2) is 36.8 Å². The number of carbonyl (C=O) groups is 1. The topological polar surface area (TPSA) is 120 Å². The monoisotopic (exact) mass is 443 g/mol. The Morgan fingerprint density at radius 2 is 2.15 bits per heavy atom. The molecule has 0 saturated carbocycles. The number of halogens is 1. The van der Waals surface area contributed by atoms with Gasteiger partial charge in [-0.1, -0.05) is 0 Å². The second kappa shape index (κ2) is 7.09. The van der Waals surface area contributed by atoms with Gasteiger partial charge in [-0.3, -0.25) is 9.89 Å². The highest BCUT2D eigenvalue weighted by atomic mass is 19.1. The second-order valence-corrected chi connectivity index (χ2v) is 8.33. The van der Waals surface area contributed by atoms with Crippen molar-refractivity contribution in [3.8, 4) is 23.0 Å². The summed E-state index contributed by atoms with van der Waals surface area (Å²) in [6.07, 6.45) is 6.74. The van der Waals surface area contributed by atoms with E-state index in [1.807, 2.05) is 18.0 Å². The minimum atomic E-state index is -0.606. The number of amides is 1. The van der Waals surface area contributed by atoms with Gasteiger partial charge in [0.15, 0.2) is 0 Å². The number of likely N-dealkylation sites (N-methyl/N-ethyl adjacent to an activating group) is 1. The lowest BCUT2D eigenvalue weighted by Crippen LogP contribution is -2.56. The van der Waals surface area contributed by atoms with Gasteiger partial charge in [0.05, 0.1) is 29.7 Å². The predicted molar refractivity (Wildman–Crippen MR) is 116 cm³/mol. The van der Waals surface area contributed by atoms with E-state index in [9.17, 15) is 9.18 Å². The van der Waals surface area contributed by atoms with Gasteiger partial charge in [0.25, 0.3) is 0 Å². The lowest BCUT2D eigenvalue weighted by molar-refractivity contribution is -0.132. The van der Waals surface area contributed by atoms with Crippen molar-refractivity contribution < 1.29 is 9.18 Å². The third-order valence-electron chi connectivity index (χ3n) is 6.36. The van der Waals surface area contributed by atoms with Gasteiger partial charge in [-0.25, -0.2) is 19.0 Å². The molecule has 2 saturated heterocycles. The molecular formula is C22H18FN9O. The lowest BCUT2D eigenvalue weighted by atomic mass is 10.2. The number of anilines is 1. The largest absolute Gasteiger partial charge is 0.342 e. The van der Waals surface area contributed by atoms with E-state index >= 15 is 0 Å². The number of fused-ring (bicyclic) bond motifs is 3. The standard InChI is InChI=1S/C22H18FN9O/c1-30-11-15-4-5-18(21(30)33)32(15)22-25-9-17-20(27-22)19(29-28-17)13-8-26-31(10-13)14-3-2-12(7-24)16(23)6-14/h2-3,6,8-10,15,18H,4-5,11H2,1H3,(H,28,29). The molecule has 164 valence electrons. The van der Waals surface area contributed by atoms with Gasteiger partial charge < -0.3 is 9.80 Å². The van der Waals surface area contributed by atoms with Crippen molar-refractivity contribution in [3.05, 3.63) is 48.2 Å². The molecule has 3 aromatic heterocycles. The summed E-state index contributed by atoms with van der Waals surface area (Å²) in [4.78, 5) is 25.7. The van der Waals surface area contributed by atoms with Crippen LogP contribution in [0.2, 0.25) is 0 Å². The van der Waals surface area contributed by atoms with Crippen molar-refractivity contribution in [3.63, 3.8) is 0 Å². The Kier molecular flexibility index (Phi) is 4.16. The maximum absolute atomic E-state index is 14.0. The van der Waals surface area contributed by atoms with E-state index < -0.39 is 5.82 Å². The maximum Gasteiger partial charge on any atom is 0.245 e. The molecule has 2 aliphatic heterocycles. The zero-order chi connectivity index (χ0) is 22.7. The van der Waals surface area contributed by atoms with Crippen LogP contribution in [0.5, 0.6) is 0 Å². The normalized spacial score (nSPS) is 20.0. The van der Waals surface area contributed by atoms with Crippen LogP contribution >= 0.6 is 0 Å². The van der Waals surface area contributed by atoms with Crippen molar-refractivity contribution in [1.29, 1.82) is 5.26 Å². The molecule has 2 aliphatic rings. The maximum atomic E-state index is 14.0. The molecule has 4 aromatic rings. The summed E-state index contributed by atoms with van der Waals surface area (Å²) in [7, 11) is 1.83. The number of H-pyrrole nitrogens is 1. The van der Waals surface area contributed by atoms with E-state index in [0.717, 1.165) is 12.8 Å². The van der Waals surface area contributed by atoms with Crippen molar-refractivity contribution in [2.45, 2.75) is 24.9 Å². The average molecular weight is 443 g/mol. The Labute approximate surface area is 187 Å². The molecular weight excluding hydrogens is 425 g/mol. The van der Waals surface area contributed by atoms with Crippen molar-refractivity contribution in [2.24, 2.45) is 0 Å². The first kappa shape index (κ1) is 19.4. The minimum absolute atomic E-state index is 0.0231. The van der Waals surface area contributed by atoms with Gasteiger partial charge >= 0.3 is 0 Å². The van der Waals surface area contributed by atoms with Crippen LogP contribution in [-0.4, -0.2) is 66.4 Å². The molecule has 2 unspecified atom stereocenters. The summed E-state index contributed by atoms with van der Waals surface area (Å²) in [5, 5.41) is 20.6. The van der Waals surface area contributed by atoms with E-state index in [2.05, 4.69) is 20.3 Å². The number of nitrogens with one attached hydrogen (secondary N) is 1. The number of benzene rings is 1. The third kappa shape index (κ3) is 2.95. The molecule has 33 heavy (non-hydrogen) atoms. The van der Waals surface area contributed by atoms with E-state index in [1.54, 1.807) is 29.6 Å². The fraction of sp³-hybridized carbons (Fsp3) is 0.273. The van der Waals surface area contributed by atoms with Gasteiger partial charge in [0, 0.05) is 31.4 Å². The van der Waals surface area contributed by atoms with Gasteiger partial charge in [0.1, 0.15) is 34.7 Å². The van der Waals surface area contributed by atoms with Gasteiger partial charge in [-0.2, -0.15) is 15.5 Å². The van der Waals surface area contributed by atoms with E-state index in [-0.39, 0.29) is 23.6 Å². The number of carbonyl (C=O) groups excluding carboxylic acids is 1. The molecule has 10 nitrogen and oxygen atoms in total. The van der Waals surface area contributed by atoms with Crippen LogP contribution in [0.25, 0.3) is 28.0 Å². The first-order chi connectivity index (χ1) is 16.0. The second-order valence-electron chi connectivity index (χ2n) is 8.33. The summed E-state index contributed by atoms with van der Waals surface area (Å²) in [6.45, 7) is 0.656. The number of hydrogen-bond donors (Lipinski definition) is 1. The predicted octanol–water partition coefficient (Wildman–Crippen LogP) is 2.03. The summed E-state index contributed by atoms with van der Waals surface area (Å²) < 4.78 is 15.6. The molecule has 2 atom stereocenters. The molecule has 0 aliphatic carbocycles. The van der Waals surface area contributed by atoms with Crippen LogP contribution in [-0.2, 0) is 4.79 Å². The number of piperazine rings is 1. The Morgan fingerprint density at radius 1 is 1.27 bits per heavy atom. The number of aromatic amines is 1. The molecule has 1 aromatic carbocycles. The number of hydrogen-bond acceptors (Lipinski definition) is 7. The van der Waals surface area contributed by atoms with Gasteiger partial charge in [-0.05, 0) is 25.0 Å². The molecule has 0 radical (unpaired) electrons. The lowest BCUT2D eigenvalue weighted by Gasteiger charge is -2.38. The first-order valence-electron chi connectivity index (χ1n) is 10.5. The third-order valence-corrected chi connectivity index (χ3v) is 6.36. The number of nitrogens with zero attached hydrogens (tertiary/aromatic N) is 8. The molecule has 5 heterocycles. The molecule has 1 N–H and O–H groups in total. The van der Waals surface area contributed by atoms with E-state index in [1.165, 1.54) is 16.8 Å². The Balaban J connectivity index is 1.37. The Bertz CT molecular complexity index is 1450.